The van der Waals surface area contributed by atoms with Crippen molar-refractivity contribution in [3.05, 3.63) is 16.4 Å². The van der Waals surface area contributed by atoms with Crippen LogP contribution in [-0.2, 0) is 4.79 Å². The minimum atomic E-state index is -0.402. The number of carbonyl (C=O) groups excluding carboxylic acids is 1. The molecule has 31 heavy (non-hydrogen) atoms. The molecule has 1 saturated heterocycles. The summed E-state index contributed by atoms with van der Waals surface area (Å²) < 4.78 is 16.2. The molecule has 2 heterocycles. The molecule has 0 unspecified atom stereocenters. The van der Waals surface area contributed by atoms with Crippen LogP contribution in [0.15, 0.2) is 10.9 Å². The molecule has 1 amide bonds. The zero-order valence-corrected chi connectivity index (χ0v) is 18.4. The van der Waals surface area contributed by atoms with E-state index in [1.807, 2.05) is 9.80 Å². The third-order valence-electron chi connectivity index (χ3n) is 6.37. The van der Waals surface area contributed by atoms with Gasteiger partial charge in [-0.15, -0.1) is 0 Å². The van der Waals surface area contributed by atoms with Gasteiger partial charge in [0, 0.05) is 38.7 Å². The van der Waals surface area contributed by atoms with Crippen molar-refractivity contribution in [2.24, 2.45) is 5.92 Å². The second kappa shape index (κ2) is 9.03. The quantitative estimate of drug-likeness (QED) is 0.750. The Morgan fingerprint density at radius 1 is 1.06 bits per heavy atom. The fourth-order valence-corrected chi connectivity index (χ4v) is 4.68. The molecule has 2 fully saturated rings. The lowest BCUT2D eigenvalue weighted by molar-refractivity contribution is -0.132. The number of carbonyl (C=O) groups is 1. The van der Waals surface area contributed by atoms with Gasteiger partial charge < -0.3 is 29.0 Å². The van der Waals surface area contributed by atoms with Gasteiger partial charge in [0.25, 0.3) is 5.56 Å². The van der Waals surface area contributed by atoms with Crippen LogP contribution in [0.2, 0.25) is 0 Å². The molecule has 0 spiro atoms. The minimum absolute atomic E-state index is 0.244. The first-order chi connectivity index (χ1) is 15.0. The van der Waals surface area contributed by atoms with Gasteiger partial charge in [0.2, 0.25) is 17.6 Å². The summed E-state index contributed by atoms with van der Waals surface area (Å²) in [4.78, 5) is 36.9. The van der Waals surface area contributed by atoms with Crippen LogP contribution in [0.3, 0.4) is 0 Å². The third kappa shape index (κ3) is 4.13. The van der Waals surface area contributed by atoms with E-state index < -0.39 is 5.56 Å². The van der Waals surface area contributed by atoms with Crippen LogP contribution in [0.25, 0.3) is 10.9 Å². The Morgan fingerprint density at radius 3 is 2.35 bits per heavy atom. The summed E-state index contributed by atoms with van der Waals surface area (Å²) in [6, 6.07) is 1.71. The van der Waals surface area contributed by atoms with Crippen molar-refractivity contribution in [2.45, 2.75) is 32.1 Å². The number of nitrogens with one attached hydrogen (secondary N) is 1. The normalized spacial score (nSPS) is 17.3. The van der Waals surface area contributed by atoms with Gasteiger partial charge in [0.05, 0.1) is 26.8 Å². The van der Waals surface area contributed by atoms with Gasteiger partial charge in [0.15, 0.2) is 11.5 Å². The van der Waals surface area contributed by atoms with Gasteiger partial charge >= 0.3 is 0 Å². The van der Waals surface area contributed by atoms with Crippen molar-refractivity contribution in [1.29, 1.82) is 0 Å². The van der Waals surface area contributed by atoms with E-state index in [2.05, 4.69) is 9.97 Å². The molecule has 168 valence electrons. The number of amides is 1. The summed E-state index contributed by atoms with van der Waals surface area (Å²) in [7, 11) is 4.51. The number of methoxy groups -OCH3 is 3. The van der Waals surface area contributed by atoms with Gasteiger partial charge in [-0.05, 0) is 18.8 Å². The number of H-pyrrole nitrogens is 1. The number of piperazine rings is 1. The van der Waals surface area contributed by atoms with Crippen molar-refractivity contribution in [1.82, 2.24) is 14.9 Å². The van der Waals surface area contributed by atoms with Gasteiger partial charge in [-0.3, -0.25) is 9.59 Å². The maximum atomic E-state index is 12.9. The van der Waals surface area contributed by atoms with Crippen molar-refractivity contribution < 1.29 is 19.0 Å². The average Bonchev–Trinajstić information content (AvgIpc) is 3.30. The van der Waals surface area contributed by atoms with E-state index in [1.54, 1.807) is 6.07 Å². The molecule has 0 bridgehead atoms. The Morgan fingerprint density at radius 2 is 1.74 bits per heavy atom. The van der Waals surface area contributed by atoms with Crippen LogP contribution in [0.1, 0.15) is 32.1 Å². The molecule has 0 radical (unpaired) electrons. The van der Waals surface area contributed by atoms with E-state index in [0.717, 1.165) is 0 Å². The molecule has 1 N–H and O–H groups in total. The Labute approximate surface area is 181 Å². The first kappa shape index (κ1) is 21.3. The maximum Gasteiger partial charge on any atom is 0.286 e. The predicted molar refractivity (Wildman–Crippen MR) is 117 cm³/mol. The summed E-state index contributed by atoms with van der Waals surface area (Å²) in [5.74, 6) is 2.38. The highest BCUT2D eigenvalue weighted by Crippen LogP contribution is 2.41. The summed E-state index contributed by atoms with van der Waals surface area (Å²) in [5.41, 5.74) is 0.158. The molecule has 4 rings (SSSR count). The molecule has 1 aromatic carbocycles. The highest BCUT2D eigenvalue weighted by Gasteiger charge is 2.27. The number of anilines is 1. The number of benzene rings is 1. The molecule has 9 nitrogen and oxygen atoms in total. The number of fused-ring (bicyclic) bond motifs is 1. The molecule has 1 aliphatic carbocycles. The minimum Gasteiger partial charge on any atom is -0.493 e. The SMILES string of the molecule is COc1cc2[nH]c(N3CCN(C(=O)CC4CCCC4)CC3)nc(=O)c2c(OC)c1OC. The first-order valence-electron chi connectivity index (χ1n) is 10.8. The van der Waals surface area contributed by atoms with E-state index in [-0.39, 0.29) is 5.91 Å². The molecular formula is C22H30N4O5. The van der Waals surface area contributed by atoms with Gasteiger partial charge in [0.1, 0.15) is 5.39 Å². The molecule has 0 atom stereocenters. The lowest BCUT2D eigenvalue weighted by atomic mass is 10.0. The fraction of sp³-hybridized carbons (Fsp3) is 0.591. The van der Waals surface area contributed by atoms with Crippen LogP contribution in [0.5, 0.6) is 17.2 Å². The van der Waals surface area contributed by atoms with Crippen LogP contribution in [0, 0.1) is 5.92 Å². The highest BCUT2D eigenvalue weighted by atomic mass is 16.5. The predicted octanol–water partition coefficient (Wildman–Crippen LogP) is 2.18. The summed E-state index contributed by atoms with van der Waals surface area (Å²) in [6.45, 7) is 2.50. The fourth-order valence-electron chi connectivity index (χ4n) is 4.68. The van der Waals surface area contributed by atoms with E-state index in [1.165, 1.54) is 47.0 Å². The molecule has 9 heteroatoms. The zero-order valence-electron chi connectivity index (χ0n) is 18.4. The van der Waals surface area contributed by atoms with Crippen molar-refractivity contribution >= 4 is 22.8 Å². The van der Waals surface area contributed by atoms with Crippen LogP contribution >= 0.6 is 0 Å². The van der Waals surface area contributed by atoms with E-state index >= 15 is 0 Å². The number of rotatable bonds is 6. The molecule has 2 aliphatic rings. The highest BCUT2D eigenvalue weighted by molar-refractivity contribution is 5.90. The topological polar surface area (TPSA) is 97.0 Å². The standard InChI is InChI=1S/C22H30N4O5/c1-29-16-13-15-18(20(31-3)19(16)30-2)21(28)24-22(23-15)26-10-8-25(9-11-26)17(27)12-14-6-4-5-7-14/h13-14H,4-12H2,1-3H3,(H,23,24,28). The molecule has 1 aliphatic heterocycles. The first-order valence-corrected chi connectivity index (χ1v) is 10.8. The number of nitrogens with zero attached hydrogens (tertiary/aromatic N) is 3. The number of aromatic nitrogens is 2. The van der Waals surface area contributed by atoms with E-state index in [4.69, 9.17) is 14.2 Å². The second-order valence-electron chi connectivity index (χ2n) is 8.16. The number of ether oxygens (including phenoxy) is 3. The van der Waals surface area contributed by atoms with Gasteiger partial charge in [-0.2, -0.15) is 4.98 Å². The average molecular weight is 431 g/mol. The number of hydrogen-bond donors (Lipinski definition) is 1. The van der Waals surface area contributed by atoms with Crippen molar-refractivity contribution in [3.8, 4) is 17.2 Å². The molecule has 2 aromatic rings. The molecule has 1 saturated carbocycles. The smallest absolute Gasteiger partial charge is 0.286 e. The van der Waals surface area contributed by atoms with E-state index in [0.29, 0.717) is 72.6 Å². The van der Waals surface area contributed by atoms with Crippen LogP contribution < -0.4 is 24.7 Å². The summed E-state index contributed by atoms with van der Waals surface area (Å²) in [6.07, 6.45) is 5.49. The Bertz CT molecular complexity index is 1010. The molecular weight excluding hydrogens is 400 g/mol. The lowest BCUT2D eigenvalue weighted by Gasteiger charge is -2.35. The second-order valence-corrected chi connectivity index (χ2v) is 8.16. The Kier molecular flexibility index (Phi) is 6.20. The molecule has 1 aromatic heterocycles. The summed E-state index contributed by atoms with van der Waals surface area (Å²) >= 11 is 0. The Balaban J connectivity index is 1.54. The Hall–Kier alpha value is -2.97. The zero-order chi connectivity index (χ0) is 22.0. The van der Waals surface area contributed by atoms with Crippen molar-refractivity contribution in [3.63, 3.8) is 0 Å². The van der Waals surface area contributed by atoms with Gasteiger partial charge in [-0.25, -0.2) is 0 Å². The third-order valence-corrected chi connectivity index (χ3v) is 6.37. The number of hydrogen-bond acceptors (Lipinski definition) is 7. The van der Waals surface area contributed by atoms with Crippen LogP contribution in [-0.4, -0.2) is 68.3 Å². The lowest BCUT2D eigenvalue weighted by Crippen LogP contribution is -2.49. The maximum absolute atomic E-state index is 12.9. The number of aromatic amines is 1. The summed E-state index contributed by atoms with van der Waals surface area (Å²) in [5, 5.41) is 0.314. The van der Waals surface area contributed by atoms with E-state index in [9.17, 15) is 9.59 Å². The van der Waals surface area contributed by atoms with Gasteiger partial charge in [-0.1, -0.05) is 12.8 Å². The van der Waals surface area contributed by atoms with Crippen molar-refractivity contribution in [2.75, 3.05) is 52.4 Å². The monoisotopic (exact) mass is 430 g/mol. The largest absolute Gasteiger partial charge is 0.493 e. The van der Waals surface area contributed by atoms with Crippen LogP contribution in [0.4, 0.5) is 5.95 Å².